The monoisotopic (exact) mass is 323 g/mol. The normalized spacial score (nSPS) is 14.8. The van der Waals surface area contributed by atoms with Gasteiger partial charge in [0.2, 0.25) is 0 Å². The van der Waals surface area contributed by atoms with Gasteiger partial charge in [0.15, 0.2) is 0 Å². The van der Waals surface area contributed by atoms with Crippen LogP contribution in [0.3, 0.4) is 0 Å². The van der Waals surface area contributed by atoms with Crippen molar-refractivity contribution in [2.75, 3.05) is 7.11 Å². The quantitative estimate of drug-likeness (QED) is 0.854. The molecule has 0 heterocycles. The molecule has 1 N–H and O–H groups in total. The van der Waals surface area contributed by atoms with E-state index in [2.05, 4.69) is 41.2 Å². The van der Waals surface area contributed by atoms with Crippen molar-refractivity contribution < 1.29 is 14.3 Å². The Morgan fingerprint density at radius 1 is 1.00 bits per heavy atom. The number of nitrogens with one attached hydrogen (secondary N) is 1. The van der Waals surface area contributed by atoms with Crippen LogP contribution in [0, 0.1) is 12.8 Å². The summed E-state index contributed by atoms with van der Waals surface area (Å²) in [6.07, 6.45) is 2.28. The molecule has 0 unspecified atom stereocenters. The molecule has 4 heteroatoms. The van der Waals surface area contributed by atoms with Crippen molar-refractivity contribution in [1.82, 2.24) is 5.32 Å². The van der Waals surface area contributed by atoms with Crippen LogP contribution in [0.4, 0.5) is 0 Å². The second-order valence-electron chi connectivity index (χ2n) is 6.27. The Balaban J connectivity index is 1.74. The molecule has 0 aliphatic heterocycles. The van der Waals surface area contributed by atoms with Crippen LogP contribution in [0.1, 0.15) is 50.7 Å². The Labute approximate surface area is 141 Å². The summed E-state index contributed by atoms with van der Waals surface area (Å²) < 4.78 is 4.67. The van der Waals surface area contributed by atoms with Crippen molar-refractivity contribution >= 4 is 11.9 Å². The van der Waals surface area contributed by atoms with E-state index in [0.29, 0.717) is 17.0 Å². The molecule has 4 nitrogen and oxygen atoms in total. The predicted molar refractivity (Wildman–Crippen MR) is 91.9 cm³/mol. The van der Waals surface area contributed by atoms with Crippen molar-refractivity contribution in [3.63, 3.8) is 0 Å². The molecule has 0 spiro atoms. The maximum absolute atomic E-state index is 12.6. The van der Waals surface area contributed by atoms with Gasteiger partial charge in [-0.3, -0.25) is 4.79 Å². The minimum absolute atomic E-state index is 0.0402. The van der Waals surface area contributed by atoms with Gasteiger partial charge in [-0.15, -0.1) is 0 Å². The van der Waals surface area contributed by atoms with Gasteiger partial charge in [-0.2, -0.15) is 0 Å². The molecule has 3 rings (SSSR count). The highest BCUT2D eigenvalue weighted by Crippen LogP contribution is 2.41. The standard InChI is InChI=1S/C20H21NO3/c1-13-3-5-14(6-4-13)18(15-7-8-15)21-19(22)16-9-11-17(12-10-16)20(23)24-2/h3-6,9-12,15,18H,7-8H2,1-2H3,(H,21,22)/t18-/m0/s1. The Bertz CT molecular complexity index is 730. The van der Waals surface area contributed by atoms with E-state index in [1.165, 1.54) is 12.7 Å². The molecule has 1 saturated carbocycles. The minimum Gasteiger partial charge on any atom is -0.465 e. The zero-order chi connectivity index (χ0) is 17.1. The van der Waals surface area contributed by atoms with Crippen LogP contribution in [0.5, 0.6) is 0 Å². The van der Waals surface area contributed by atoms with Gasteiger partial charge in [0.05, 0.1) is 18.7 Å². The number of hydrogen-bond donors (Lipinski definition) is 1. The number of methoxy groups -OCH3 is 1. The molecule has 1 aliphatic carbocycles. The molecule has 0 aromatic heterocycles. The number of carbonyl (C=O) groups is 2. The predicted octanol–water partition coefficient (Wildman–Crippen LogP) is 3.66. The maximum atomic E-state index is 12.6. The Kier molecular flexibility index (Phi) is 4.65. The largest absolute Gasteiger partial charge is 0.465 e. The first-order chi connectivity index (χ1) is 11.6. The molecule has 124 valence electrons. The van der Waals surface area contributed by atoms with Crippen LogP contribution in [0.15, 0.2) is 48.5 Å². The van der Waals surface area contributed by atoms with Gasteiger partial charge in [0.1, 0.15) is 0 Å². The third-order valence-electron chi connectivity index (χ3n) is 4.38. The molecular weight excluding hydrogens is 302 g/mol. The highest BCUT2D eigenvalue weighted by molar-refractivity contribution is 5.96. The smallest absolute Gasteiger partial charge is 0.337 e. The SMILES string of the molecule is COC(=O)c1ccc(C(=O)N[C@@H](c2ccc(C)cc2)C2CC2)cc1. The lowest BCUT2D eigenvalue weighted by atomic mass is 10.0. The average molecular weight is 323 g/mol. The summed E-state index contributed by atoms with van der Waals surface area (Å²) in [5.41, 5.74) is 3.33. The third kappa shape index (κ3) is 3.65. The molecule has 1 atom stereocenters. The summed E-state index contributed by atoms with van der Waals surface area (Å²) in [4.78, 5) is 24.0. The van der Waals surface area contributed by atoms with E-state index in [4.69, 9.17) is 0 Å². The second-order valence-corrected chi connectivity index (χ2v) is 6.27. The summed E-state index contributed by atoms with van der Waals surface area (Å²) in [5.74, 6) is -0.0210. The summed E-state index contributed by atoms with van der Waals surface area (Å²) in [5, 5.41) is 3.14. The molecular formula is C20H21NO3. The third-order valence-corrected chi connectivity index (χ3v) is 4.38. The van der Waals surface area contributed by atoms with E-state index in [-0.39, 0.29) is 11.9 Å². The topological polar surface area (TPSA) is 55.4 Å². The Morgan fingerprint density at radius 2 is 1.58 bits per heavy atom. The van der Waals surface area contributed by atoms with Gasteiger partial charge >= 0.3 is 5.97 Å². The van der Waals surface area contributed by atoms with E-state index < -0.39 is 5.97 Å². The van der Waals surface area contributed by atoms with Crippen LogP contribution in [-0.2, 0) is 4.74 Å². The molecule has 1 amide bonds. The van der Waals surface area contributed by atoms with Crippen LogP contribution >= 0.6 is 0 Å². The summed E-state index contributed by atoms with van der Waals surface area (Å²) in [6.45, 7) is 2.05. The highest BCUT2D eigenvalue weighted by Gasteiger charge is 2.33. The Morgan fingerprint density at radius 3 is 2.12 bits per heavy atom. The van der Waals surface area contributed by atoms with Crippen LogP contribution < -0.4 is 5.32 Å². The van der Waals surface area contributed by atoms with Crippen LogP contribution in [-0.4, -0.2) is 19.0 Å². The number of esters is 1. The number of ether oxygens (including phenoxy) is 1. The summed E-state index contributed by atoms with van der Waals surface area (Å²) >= 11 is 0. The van der Waals surface area contributed by atoms with Gasteiger partial charge in [-0.25, -0.2) is 4.79 Å². The van der Waals surface area contributed by atoms with Gasteiger partial charge in [0, 0.05) is 5.56 Å². The van der Waals surface area contributed by atoms with Crippen molar-refractivity contribution in [3.8, 4) is 0 Å². The molecule has 2 aromatic carbocycles. The maximum Gasteiger partial charge on any atom is 0.337 e. The molecule has 1 aliphatic rings. The fraction of sp³-hybridized carbons (Fsp3) is 0.300. The second kappa shape index (κ2) is 6.87. The minimum atomic E-state index is -0.405. The van der Waals surface area contributed by atoms with Gasteiger partial charge < -0.3 is 10.1 Å². The lowest BCUT2D eigenvalue weighted by Crippen LogP contribution is -2.29. The number of carbonyl (C=O) groups excluding carboxylic acids is 2. The van der Waals surface area contributed by atoms with E-state index in [9.17, 15) is 9.59 Å². The fourth-order valence-electron chi connectivity index (χ4n) is 2.78. The van der Waals surface area contributed by atoms with Crippen LogP contribution in [0.2, 0.25) is 0 Å². The molecule has 0 bridgehead atoms. The van der Waals surface area contributed by atoms with Gasteiger partial charge in [-0.05, 0) is 55.5 Å². The Hall–Kier alpha value is -2.62. The van der Waals surface area contributed by atoms with Crippen molar-refractivity contribution in [2.45, 2.75) is 25.8 Å². The average Bonchev–Trinajstić information content (AvgIpc) is 3.45. The number of rotatable bonds is 5. The summed E-state index contributed by atoms with van der Waals surface area (Å²) in [7, 11) is 1.34. The lowest BCUT2D eigenvalue weighted by molar-refractivity contribution is 0.0600. The first-order valence-corrected chi connectivity index (χ1v) is 8.14. The van der Waals surface area contributed by atoms with E-state index in [1.807, 2.05) is 0 Å². The number of hydrogen-bond acceptors (Lipinski definition) is 3. The van der Waals surface area contributed by atoms with Crippen molar-refractivity contribution in [2.24, 2.45) is 5.92 Å². The molecule has 24 heavy (non-hydrogen) atoms. The van der Waals surface area contributed by atoms with Crippen LogP contribution in [0.25, 0.3) is 0 Å². The fourth-order valence-corrected chi connectivity index (χ4v) is 2.78. The molecule has 1 fully saturated rings. The number of amides is 1. The first-order valence-electron chi connectivity index (χ1n) is 8.14. The molecule has 0 saturated heterocycles. The van der Waals surface area contributed by atoms with E-state index in [1.54, 1.807) is 24.3 Å². The van der Waals surface area contributed by atoms with Crippen molar-refractivity contribution in [1.29, 1.82) is 0 Å². The van der Waals surface area contributed by atoms with E-state index >= 15 is 0 Å². The van der Waals surface area contributed by atoms with Crippen molar-refractivity contribution in [3.05, 3.63) is 70.8 Å². The zero-order valence-corrected chi connectivity index (χ0v) is 13.9. The van der Waals surface area contributed by atoms with Gasteiger partial charge in [0.25, 0.3) is 5.91 Å². The van der Waals surface area contributed by atoms with E-state index in [0.717, 1.165) is 18.4 Å². The first kappa shape index (κ1) is 16.2. The summed E-state index contributed by atoms with van der Waals surface area (Å²) in [6, 6.07) is 14.9. The molecule has 2 aromatic rings. The zero-order valence-electron chi connectivity index (χ0n) is 13.9. The van der Waals surface area contributed by atoms with Gasteiger partial charge in [-0.1, -0.05) is 29.8 Å². The molecule has 0 radical (unpaired) electrons. The number of benzene rings is 2. The highest BCUT2D eigenvalue weighted by atomic mass is 16.5. The number of aryl methyl sites for hydroxylation is 1. The lowest BCUT2D eigenvalue weighted by Gasteiger charge is -2.19.